The summed E-state index contributed by atoms with van der Waals surface area (Å²) in [7, 11) is 7.34. The van der Waals surface area contributed by atoms with Gasteiger partial charge in [0.2, 0.25) is 0 Å². The molecule has 190 valence electrons. The lowest BCUT2D eigenvalue weighted by Gasteiger charge is -2.38. The van der Waals surface area contributed by atoms with Gasteiger partial charge in [-0.2, -0.15) is 10.4 Å². The summed E-state index contributed by atoms with van der Waals surface area (Å²) in [6.07, 6.45) is 3.70. The molecule has 0 saturated carbocycles. The minimum atomic E-state index is -0.0425. The maximum Gasteiger partial charge on any atom is 0.253 e. The second kappa shape index (κ2) is 9.64. The minimum Gasteiger partial charge on any atom is -0.491 e. The van der Waals surface area contributed by atoms with Crippen LogP contribution in [-0.4, -0.2) is 54.8 Å². The highest BCUT2D eigenvalue weighted by Crippen LogP contribution is 2.44. The Morgan fingerprint density at radius 2 is 1.84 bits per heavy atom. The molecule has 0 amide bonds. The van der Waals surface area contributed by atoms with Crippen LogP contribution in [0.25, 0.3) is 22.0 Å². The van der Waals surface area contributed by atoms with E-state index in [0.717, 1.165) is 45.6 Å². The lowest BCUT2D eigenvalue weighted by molar-refractivity contribution is 0.146. The van der Waals surface area contributed by atoms with Crippen molar-refractivity contribution in [1.29, 1.82) is 5.26 Å². The highest BCUT2D eigenvalue weighted by Gasteiger charge is 2.27. The summed E-state index contributed by atoms with van der Waals surface area (Å²) < 4.78 is 14.6. The monoisotopic (exact) mass is 498 g/mol. The highest BCUT2D eigenvalue weighted by molar-refractivity contribution is 5.98. The van der Waals surface area contributed by atoms with Crippen molar-refractivity contribution in [3.8, 4) is 22.9 Å². The van der Waals surface area contributed by atoms with Crippen molar-refractivity contribution in [3.05, 3.63) is 64.2 Å². The molecule has 2 aromatic carbocycles. The average Bonchev–Trinajstić information content (AvgIpc) is 3.33. The summed E-state index contributed by atoms with van der Waals surface area (Å²) in [4.78, 5) is 17.2. The molecular weight excluding hydrogens is 468 g/mol. The van der Waals surface area contributed by atoms with E-state index in [1.807, 2.05) is 44.4 Å². The molecule has 0 radical (unpaired) electrons. The van der Waals surface area contributed by atoms with Gasteiger partial charge in [0.25, 0.3) is 5.56 Å². The third-order valence-corrected chi connectivity index (χ3v) is 6.93. The molecule has 3 heterocycles. The van der Waals surface area contributed by atoms with E-state index in [-0.39, 0.29) is 5.56 Å². The number of methoxy groups -OCH3 is 1. The fraction of sp³-hybridized carbons (Fsp3) is 0.321. The molecule has 0 unspecified atom stereocenters. The zero-order valence-corrected chi connectivity index (χ0v) is 21.8. The largest absolute Gasteiger partial charge is 0.491 e. The van der Waals surface area contributed by atoms with Crippen LogP contribution in [0.15, 0.2) is 47.5 Å². The summed E-state index contributed by atoms with van der Waals surface area (Å²) >= 11 is 0. The fourth-order valence-electron chi connectivity index (χ4n) is 4.96. The number of fused-ring (bicyclic) bond motifs is 2. The molecule has 1 aliphatic rings. The third kappa shape index (κ3) is 4.30. The Bertz CT molecular complexity index is 1600. The Kier molecular flexibility index (Phi) is 6.36. The summed E-state index contributed by atoms with van der Waals surface area (Å²) in [5.41, 5.74) is 6.61. The van der Waals surface area contributed by atoms with Crippen LogP contribution in [0.5, 0.6) is 5.75 Å². The Balaban J connectivity index is 1.73. The predicted octanol–water partition coefficient (Wildman–Crippen LogP) is 3.73. The molecule has 0 aliphatic carbocycles. The van der Waals surface area contributed by atoms with Gasteiger partial charge < -0.3 is 23.8 Å². The third-order valence-electron chi connectivity index (χ3n) is 6.93. The number of hydrogen-bond donors (Lipinski definition) is 0. The summed E-state index contributed by atoms with van der Waals surface area (Å²) in [6.45, 7) is 4.18. The Morgan fingerprint density at radius 3 is 2.54 bits per heavy atom. The van der Waals surface area contributed by atoms with Gasteiger partial charge in [-0.05, 0) is 25.1 Å². The topological polar surface area (TPSA) is 88.6 Å². The van der Waals surface area contributed by atoms with E-state index < -0.39 is 0 Å². The number of aryl methyl sites for hydroxylation is 3. The highest BCUT2D eigenvalue weighted by atomic mass is 16.5. The summed E-state index contributed by atoms with van der Waals surface area (Å²) in [5.74, 6) is 0.659. The fourth-order valence-corrected chi connectivity index (χ4v) is 4.96. The molecule has 9 heteroatoms. The van der Waals surface area contributed by atoms with E-state index in [9.17, 15) is 10.1 Å². The maximum absolute atomic E-state index is 12.8. The second-order valence-electron chi connectivity index (χ2n) is 9.38. The second-order valence-corrected chi connectivity index (χ2v) is 9.38. The number of nitriles is 1. The molecule has 0 atom stereocenters. The number of likely N-dealkylation sites (N-methyl/N-ethyl adjacent to an activating group) is 1. The van der Waals surface area contributed by atoms with Crippen LogP contribution in [0.3, 0.4) is 0 Å². The van der Waals surface area contributed by atoms with Crippen LogP contribution in [-0.2, 0) is 18.8 Å². The number of benzene rings is 2. The van der Waals surface area contributed by atoms with Crippen LogP contribution in [0.1, 0.15) is 11.1 Å². The van der Waals surface area contributed by atoms with Crippen LogP contribution in [0.4, 0.5) is 17.1 Å². The number of anilines is 3. The number of rotatable bonds is 6. The normalized spacial score (nSPS) is 13.1. The first-order chi connectivity index (χ1) is 17.8. The van der Waals surface area contributed by atoms with Crippen molar-refractivity contribution in [2.75, 3.05) is 50.3 Å². The molecule has 0 spiro atoms. The van der Waals surface area contributed by atoms with Crippen LogP contribution < -0.4 is 20.1 Å². The minimum absolute atomic E-state index is 0.0425. The molecule has 2 aromatic heterocycles. The van der Waals surface area contributed by atoms with Gasteiger partial charge in [-0.25, -0.2) is 0 Å². The Hall–Kier alpha value is -4.29. The van der Waals surface area contributed by atoms with Crippen molar-refractivity contribution in [1.82, 2.24) is 14.3 Å². The van der Waals surface area contributed by atoms with Crippen molar-refractivity contribution in [2.45, 2.75) is 6.92 Å². The van der Waals surface area contributed by atoms with Gasteiger partial charge in [0.05, 0.1) is 47.0 Å². The Labute approximate surface area is 215 Å². The lowest BCUT2D eigenvalue weighted by atomic mass is 9.98. The summed E-state index contributed by atoms with van der Waals surface area (Å²) in [6, 6.07) is 12.3. The van der Waals surface area contributed by atoms with Gasteiger partial charge >= 0.3 is 0 Å². The van der Waals surface area contributed by atoms with Crippen LogP contribution in [0.2, 0.25) is 0 Å². The smallest absolute Gasteiger partial charge is 0.253 e. The quantitative estimate of drug-likeness (QED) is 0.374. The Morgan fingerprint density at radius 1 is 1.03 bits per heavy atom. The first kappa shape index (κ1) is 24.4. The van der Waals surface area contributed by atoms with E-state index in [1.54, 1.807) is 29.6 Å². The van der Waals surface area contributed by atoms with Crippen LogP contribution >= 0.6 is 0 Å². The number of ether oxygens (including phenoxy) is 2. The molecule has 0 saturated heterocycles. The molecule has 9 nitrogen and oxygen atoms in total. The van der Waals surface area contributed by atoms with Crippen molar-refractivity contribution < 1.29 is 9.47 Å². The molecule has 0 fully saturated rings. The van der Waals surface area contributed by atoms with Gasteiger partial charge in [0, 0.05) is 81.7 Å². The number of nitrogens with zero attached hydrogens (tertiary/aromatic N) is 6. The van der Waals surface area contributed by atoms with E-state index in [4.69, 9.17) is 9.47 Å². The first-order valence-electron chi connectivity index (χ1n) is 12.1. The van der Waals surface area contributed by atoms with Gasteiger partial charge in [0.15, 0.2) is 0 Å². The number of aromatic nitrogens is 3. The maximum atomic E-state index is 12.8. The van der Waals surface area contributed by atoms with Gasteiger partial charge in [-0.1, -0.05) is 0 Å². The SMILES string of the molecule is COCCOc1cc(N2CCN(C)c3cc(-c4cnn(C)c4)c(C#N)cc32)c2cc(C)c(=O)n(C)c2c1. The predicted molar refractivity (Wildman–Crippen MR) is 145 cm³/mol. The van der Waals surface area contributed by atoms with E-state index in [0.29, 0.717) is 36.6 Å². The van der Waals surface area contributed by atoms with E-state index in [2.05, 4.69) is 34.1 Å². The van der Waals surface area contributed by atoms with Gasteiger partial charge in [0.1, 0.15) is 12.4 Å². The number of pyridine rings is 1. The number of hydrogen-bond acceptors (Lipinski definition) is 7. The van der Waals surface area contributed by atoms with Crippen LogP contribution in [0, 0.1) is 18.3 Å². The van der Waals surface area contributed by atoms with E-state index >= 15 is 0 Å². The summed E-state index contributed by atoms with van der Waals surface area (Å²) in [5, 5.41) is 15.3. The molecule has 5 rings (SSSR count). The van der Waals surface area contributed by atoms with Crippen molar-refractivity contribution in [3.63, 3.8) is 0 Å². The van der Waals surface area contributed by atoms with Crippen molar-refractivity contribution >= 4 is 28.0 Å². The first-order valence-corrected chi connectivity index (χ1v) is 12.1. The van der Waals surface area contributed by atoms with Crippen molar-refractivity contribution in [2.24, 2.45) is 14.1 Å². The molecule has 0 bridgehead atoms. The lowest BCUT2D eigenvalue weighted by Crippen LogP contribution is -2.37. The average molecular weight is 499 g/mol. The molecule has 4 aromatic rings. The van der Waals surface area contributed by atoms with Gasteiger partial charge in [-0.3, -0.25) is 9.48 Å². The standard InChI is InChI=1S/C28H30N6O3/c1-18-10-23-24(33(4)28(18)35)12-21(37-9-8-36-5)13-25(23)34-7-6-31(2)26-14-22(19(15-29)11-27(26)34)20-16-30-32(3)17-20/h10-14,16-17H,6-9H2,1-5H3. The van der Waals surface area contributed by atoms with E-state index in [1.165, 1.54) is 0 Å². The zero-order chi connectivity index (χ0) is 26.3. The molecule has 0 N–H and O–H groups in total. The molecule has 37 heavy (non-hydrogen) atoms. The molecular formula is C28H30N6O3. The molecule has 1 aliphatic heterocycles. The zero-order valence-electron chi connectivity index (χ0n) is 21.8. The van der Waals surface area contributed by atoms with Gasteiger partial charge in [-0.15, -0.1) is 0 Å².